The molecule has 2 aromatic rings. The van der Waals surface area contributed by atoms with Gasteiger partial charge in [0.25, 0.3) is 5.69 Å². The number of Topliss-reactive ketones (excluding diaryl/α,β-unsaturated/α-hetero) is 1. The molecule has 2 N–H and O–H groups in total. The molecule has 0 aliphatic heterocycles. The minimum atomic E-state index is -1.01. The van der Waals surface area contributed by atoms with E-state index in [9.17, 15) is 24.8 Å². The van der Waals surface area contributed by atoms with E-state index in [2.05, 4.69) is 11.9 Å². The Balaban J connectivity index is 2.38. The highest BCUT2D eigenvalue weighted by atomic mass is 16.6. The molecule has 0 aliphatic carbocycles. The number of hydrogen-bond donors (Lipinski definition) is 2. The van der Waals surface area contributed by atoms with Gasteiger partial charge in [-0.05, 0) is 18.6 Å². The van der Waals surface area contributed by atoms with Gasteiger partial charge in [-0.2, -0.15) is 0 Å². The zero-order valence-corrected chi connectivity index (χ0v) is 14.1. The number of benzene rings is 2. The summed E-state index contributed by atoms with van der Waals surface area (Å²) in [5, 5.41) is 23.5. The van der Waals surface area contributed by atoms with Gasteiger partial charge >= 0.3 is 0 Å². The number of carbonyl (C=O) groups excluding carboxylic acids is 2. The molecule has 0 fully saturated rings. The van der Waals surface area contributed by atoms with Crippen molar-refractivity contribution in [2.75, 3.05) is 0 Å². The Bertz CT molecular complexity index is 861. The van der Waals surface area contributed by atoms with Crippen molar-refractivity contribution in [3.8, 4) is 5.75 Å². The Morgan fingerprint density at radius 3 is 2.46 bits per heavy atom. The minimum absolute atomic E-state index is 0.167. The van der Waals surface area contributed by atoms with Crippen molar-refractivity contribution < 1.29 is 19.6 Å². The third-order valence-corrected chi connectivity index (χ3v) is 3.75. The lowest BCUT2D eigenvalue weighted by Gasteiger charge is -2.18. The van der Waals surface area contributed by atoms with Crippen LogP contribution in [0.1, 0.15) is 22.8 Å². The van der Waals surface area contributed by atoms with Crippen LogP contribution in [0, 0.1) is 10.1 Å². The Hall–Kier alpha value is -3.48. The van der Waals surface area contributed by atoms with Crippen molar-refractivity contribution in [2.45, 2.75) is 19.4 Å². The van der Waals surface area contributed by atoms with Gasteiger partial charge in [-0.3, -0.25) is 19.7 Å². The number of nitro benzene ring substituents is 1. The highest BCUT2D eigenvalue weighted by molar-refractivity contribution is 6.06. The number of amides is 1. The van der Waals surface area contributed by atoms with Crippen LogP contribution >= 0.6 is 0 Å². The third-order valence-electron chi connectivity index (χ3n) is 3.75. The highest BCUT2D eigenvalue weighted by Crippen LogP contribution is 2.25. The lowest BCUT2D eigenvalue weighted by Crippen LogP contribution is -2.42. The largest absolute Gasteiger partial charge is 0.507 e. The normalized spacial score (nSPS) is 11.4. The average molecular weight is 354 g/mol. The first-order valence-electron chi connectivity index (χ1n) is 7.81. The first-order valence-corrected chi connectivity index (χ1v) is 7.81. The zero-order chi connectivity index (χ0) is 19.3. The van der Waals surface area contributed by atoms with Crippen molar-refractivity contribution in [3.63, 3.8) is 0 Å². The monoisotopic (exact) mass is 354 g/mol. The number of carbonyl (C=O) groups is 2. The molecule has 0 aliphatic rings. The van der Waals surface area contributed by atoms with Gasteiger partial charge in [-0.25, -0.2) is 0 Å². The van der Waals surface area contributed by atoms with Crippen LogP contribution in [0.5, 0.6) is 5.75 Å². The first kappa shape index (κ1) is 18.9. The van der Waals surface area contributed by atoms with Gasteiger partial charge in [0.1, 0.15) is 5.75 Å². The molecule has 7 nitrogen and oxygen atoms in total. The lowest BCUT2D eigenvalue weighted by atomic mass is 9.96. The summed E-state index contributed by atoms with van der Waals surface area (Å²) in [6.45, 7) is 5.04. The van der Waals surface area contributed by atoms with Crippen LogP contribution in [0.3, 0.4) is 0 Å². The number of non-ortho nitro benzene ring substituents is 1. The van der Waals surface area contributed by atoms with Crippen molar-refractivity contribution in [2.24, 2.45) is 0 Å². The molecule has 0 unspecified atom stereocenters. The molecule has 26 heavy (non-hydrogen) atoms. The molecule has 2 rings (SSSR count). The SMILES string of the molecule is C=C(C)C(=O)N[C@@H](Cc1ccccc1)C(=O)c1cc([N+](=O)[O-])ccc1O. The Kier molecular flexibility index (Phi) is 5.85. The molecule has 7 heteroatoms. The summed E-state index contributed by atoms with van der Waals surface area (Å²) in [6.07, 6.45) is 0.167. The van der Waals surface area contributed by atoms with E-state index in [1.165, 1.54) is 6.92 Å². The standard InChI is InChI=1S/C19H18N2O5/c1-12(2)19(24)20-16(10-13-6-4-3-5-7-13)18(23)15-11-14(21(25)26)8-9-17(15)22/h3-9,11,16,22H,1,10H2,2H3,(H,20,24)/t16-/m0/s1. The number of nitrogens with zero attached hydrogens (tertiary/aromatic N) is 1. The van der Waals surface area contributed by atoms with Gasteiger partial charge in [0.15, 0.2) is 5.78 Å². The minimum Gasteiger partial charge on any atom is -0.507 e. The van der Waals surface area contributed by atoms with Gasteiger partial charge in [0.05, 0.1) is 16.5 Å². The van der Waals surface area contributed by atoms with Crippen LogP contribution in [0.2, 0.25) is 0 Å². The Morgan fingerprint density at radius 2 is 1.88 bits per heavy atom. The maximum atomic E-state index is 12.9. The van der Waals surface area contributed by atoms with Gasteiger partial charge < -0.3 is 10.4 Å². The van der Waals surface area contributed by atoms with Gasteiger partial charge in [0, 0.05) is 24.1 Å². The number of nitrogens with one attached hydrogen (secondary N) is 1. The highest BCUT2D eigenvalue weighted by Gasteiger charge is 2.26. The summed E-state index contributed by atoms with van der Waals surface area (Å²) in [5.41, 5.74) is 0.467. The van der Waals surface area contributed by atoms with Crippen molar-refractivity contribution >= 4 is 17.4 Å². The fraction of sp³-hybridized carbons (Fsp3) is 0.158. The summed E-state index contributed by atoms with van der Waals surface area (Å²) in [7, 11) is 0. The van der Waals surface area contributed by atoms with Gasteiger partial charge in [0.2, 0.25) is 5.91 Å². The number of aromatic hydroxyl groups is 1. The van der Waals surface area contributed by atoms with E-state index in [0.717, 1.165) is 23.8 Å². The van der Waals surface area contributed by atoms with Gasteiger partial charge in [-0.1, -0.05) is 36.9 Å². The number of rotatable bonds is 7. The molecule has 0 bridgehead atoms. The number of nitro groups is 1. The maximum absolute atomic E-state index is 12.9. The molecule has 0 saturated carbocycles. The molecule has 0 aromatic heterocycles. The second-order valence-electron chi connectivity index (χ2n) is 5.82. The van der Waals surface area contributed by atoms with E-state index in [0.29, 0.717) is 0 Å². The summed E-state index contributed by atoms with van der Waals surface area (Å²) < 4.78 is 0. The molecular formula is C19H18N2O5. The van der Waals surface area contributed by atoms with Crippen LogP contribution in [-0.4, -0.2) is 27.8 Å². The average Bonchev–Trinajstić information content (AvgIpc) is 2.61. The molecule has 1 atom stereocenters. The predicted molar refractivity (Wildman–Crippen MR) is 96.0 cm³/mol. The van der Waals surface area contributed by atoms with E-state index in [1.807, 2.05) is 6.07 Å². The lowest BCUT2D eigenvalue weighted by molar-refractivity contribution is -0.384. The molecule has 0 saturated heterocycles. The molecule has 1 amide bonds. The molecule has 0 spiro atoms. The quantitative estimate of drug-likeness (QED) is 0.344. The number of phenols is 1. The summed E-state index contributed by atoms with van der Waals surface area (Å²) >= 11 is 0. The molecule has 0 radical (unpaired) electrons. The Morgan fingerprint density at radius 1 is 1.23 bits per heavy atom. The van der Waals surface area contributed by atoms with E-state index >= 15 is 0 Å². The zero-order valence-electron chi connectivity index (χ0n) is 14.1. The van der Waals surface area contributed by atoms with E-state index in [-0.39, 0.29) is 29.0 Å². The number of hydrogen-bond acceptors (Lipinski definition) is 5. The van der Waals surface area contributed by atoms with Crippen LogP contribution < -0.4 is 5.32 Å². The number of phenolic OH excluding ortho intramolecular Hbond substituents is 1. The van der Waals surface area contributed by atoms with Crippen molar-refractivity contribution in [3.05, 3.63) is 81.9 Å². The van der Waals surface area contributed by atoms with Crippen LogP contribution in [0.15, 0.2) is 60.7 Å². The predicted octanol–water partition coefficient (Wildman–Crippen LogP) is 2.79. The topological polar surface area (TPSA) is 110 Å². The molecule has 134 valence electrons. The number of ketones is 1. The third kappa shape index (κ3) is 4.54. The van der Waals surface area contributed by atoms with Gasteiger partial charge in [-0.15, -0.1) is 0 Å². The maximum Gasteiger partial charge on any atom is 0.270 e. The van der Waals surface area contributed by atoms with E-state index in [4.69, 9.17) is 0 Å². The fourth-order valence-electron chi connectivity index (χ4n) is 2.36. The summed E-state index contributed by atoms with van der Waals surface area (Å²) in [5.74, 6) is -1.52. The first-order chi connectivity index (χ1) is 12.3. The molecule has 2 aromatic carbocycles. The fourth-order valence-corrected chi connectivity index (χ4v) is 2.36. The van der Waals surface area contributed by atoms with E-state index < -0.39 is 22.7 Å². The molecular weight excluding hydrogens is 336 g/mol. The summed E-state index contributed by atoms with van der Waals surface area (Å²) in [6, 6.07) is 11.2. The van der Waals surface area contributed by atoms with Crippen LogP contribution in [-0.2, 0) is 11.2 Å². The van der Waals surface area contributed by atoms with Crippen LogP contribution in [0.4, 0.5) is 5.69 Å². The summed E-state index contributed by atoms with van der Waals surface area (Å²) in [4.78, 5) is 35.2. The second kappa shape index (κ2) is 8.06. The second-order valence-corrected chi connectivity index (χ2v) is 5.82. The molecule has 0 heterocycles. The van der Waals surface area contributed by atoms with Crippen molar-refractivity contribution in [1.29, 1.82) is 0 Å². The van der Waals surface area contributed by atoms with Crippen molar-refractivity contribution in [1.82, 2.24) is 5.32 Å². The smallest absolute Gasteiger partial charge is 0.270 e. The Labute approximate surface area is 150 Å². The van der Waals surface area contributed by atoms with E-state index in [1.54, 1.807) is 24.3 Å². The van der Waals surface area contributed by atoms with Crippen LogP contribution in [0.25, 0.3) is 0 Å².